The highest BCUT2D eigenvalue weighted by atomic mass is 14.4. The second kappa shape index (κ2) is 2.52. The molecule has 0 aromatic heterocycles. The van der Waals surface area contributed by atoms with E-state index in [1.807, 2.05) is 0 Å². The van der Waals surface area contributed by atoms with Gasteiger partial charge in [-0.3, -0.25) is 0 Å². The van der Waals surface area contributed by atoms with Gasteiger partial charge in [0.2, 0.25) is 0 Å². The SMILES string of the molecule is C1=CC2CC2c2ccc3ccccc3c21. The maximum absolute atomic E-state index is 2.39. The van der Waals surface area contributed by atoms with Gasteiger partial charge in [0.1, 0.15) is 0 Å². The topological polar surface area (TPSA) is 0 Å². The van der Waals surface area contributed by atoms with Crippen LogP contribution in [0.3, 0.4) is 0 Å². The van der Waals surface area contributed by atoms with Crippen LogP contribution in [0.15, 0.2) is 42.5 Å². The summed E-state index contributed by atoms with van der Waals surface area (Å²) in [6.07, 6.45) is 6.08. The van der Waals surface area contributed by atoms with Crippen LogP contribution < -0.4 is 0 Å². The number of rotatable bonds is 0. The van der Waals surface area contributed by atoms with Crippen LogP contribution in [-0.4, -0.2) is 0 Å². The van der Waals surface area contributed by atoms with Crippen molar-refractivity contribution in [1.82, 2.24) is 0 Å². The van der Waals surface area contributed by atoms with Gasteiger partial charge in [-0.1, -0.05) is 48.6 Å². The maximum Gasteiger partial charge on any atom is -0.00867 e. The minimum atomic E-state index is 0.828. The van der Waals surface area contributed by atoms with Gasteiger partial charge in [-0.05, 0) is 40.2 Å². The first-order valence-corrected chi connectivity index (χ1v) is 5.63. The van der Waals surface area contributed by atoms with Crippen molar-refractivity contribution in [3.8, 4) is 0 Å². The van der Waals surface area contributed by atoms with Crippen molar-refractivity contribution < 1.29 is 0 Å². The van der Waals surface area contributed by atoms with Gasteiger partial charge in [0, 0.05) is 0 Å². The lowest BCUT2D eigenvalue weighted by atomic mass is 9.92. The first kappa shape index (κ1) is 7.70. The minimum Gasteiger partial charge on any atom is -0.0802 e. The predicted octanol–water partition coefficient (Wildman–Crippen LogP) is 3.97. The van der Waals surface area contributed by atoms with Crippen LogP contribution in [0.1, 0.15) is 23.5 Å². The third kappa shape index (κ3) is 0.967. The van der Waals surface area contributed by atoms with E-state index in [1.54, 1.807) is 5.56 Å². The van der Waals surface area contributed by atoms with Gasteiger partial charge in [-0.25, -0.2) is 0 Å². The molecule has 0 bridgehead atoms. The zero-order valence-corrected chi connectivity index (χ0v) is 8.48. The predicted molar refractivity (Wildman–Crippen MR) is 63.8 cm³/mol. The fourth-order valence-corrected chi connectivity index (χ4v) is 2.83. The summed E-state index contributed by atoms with van der Waals surface area (Å²) in [6.45, 7) is 0. The van der Waals surface area contributed by atoms with Gasteiger partial charge < -0.3 is 0 Å². The highest BCUT2D eigenvalue weighted by Crippen LogP contribution is 2.53. The molecule has 0 aliphatic heterocycles. The van der Waals surface area contributed by atoms with Gasteiger partial charge in [0.15, 0.2) is 0 Å². The van der Waals surface area contributed by atoms with Crippen molar-refractivity contribution in [2.24, 2.45) is 5.92 Å². The zero-order chi connectivity index (χ0) is 9.83. The van der Waals surface area contributed by atoms with Crippen LogP contribution >= 0.6 is 0 Å². The van der Waals surface area contributed by atoms with Crippen LogP contribution in [0.5, 0.6) is 0 Å². The molecular formula is C15H12. The fraction of sp³-hybridized carbons (Fsp3) is 0.200. The van der Waals surface area contributed by atoms with Crippen LogP contribution in [0.4, 0.5) is 0 Å². The summed E-state index contributed by atoms with van der Waals surface area (Å²) in [5.74, 6) is 1.67. The molecule has 2 unspecified atom stereocenters. The molecule has 2 aromatic carbocycles. The van der Waals surface area contributed by atoms with Crippen LogP contribution in [0.25, 0.3) is 16.8 Å². The van der Waals surface area contributed by atoms with Crippen molar-refractivity contribution in [3.05, 3.63) is 53.6 Å². The molecular weight excluding hydrogens is 180 g/mol. The Kier molecular flexibility index (Phi) is 1.29. The molecule has 0 amide bonds. The third-order valence-corrected chi connectivity index (χ3v) is 3.75. The second-order valence-corrected chi connectivity index (χ2v) is 4.65. The Labute approximate surface area is 89.2 Å². The molecule has 0 heterocycles. The average molecular weight is 192 g/mol. The van der Waals surface area contributed by atoms with E-state index < -0.39 is 0 Å². The second-order valence-electron chi connectivity index (χ2n) is 4.65. The van der Waals surface area contributed by atoms with Crippen molar-refractivity contribution in [2.75, 3.05) is 0 Å². The minimum absolute atomic E-state index is 0.828. The first-order valence-electron chi connectivity index (χ1n) is 5.63. The summed E-state index contributed by atoms with van der Waals surface area (Å²) in [7, 11) is 0. The summed E-state index contributed by atoms with van der Waals surface area (Å²) >= 11 is 0. The van der Waals surface area contributed by atoms with Crippen molar-refractivity contribution in [2.45, 2.75) is 12.3 Å². The molecule has 0 N–H and O–H groups in total. The van der Waals surface area contributed by atoms with E-state index in [0.29, 0.717) is 0 Å². The van der Waals surface area contributed by atoms with Gasteiger partial charge in [0.05, 0.1) is 0 Å². The Morgan fingerprint density at radius 3 is 2.93 bits per heavy atom. The van der Waals surface area contributed by atoms with Crippen molar-refractivity contribution >= 4 is 16.8 Å². The van der Waals surface area contributed by atoms with Crippen LogP contribution in [0, 0.1) is 5.92 Å². The molecule has 0 spiro atoms. The van der Waals surface area contributed by atoms with E-state index in [1.165, 1.54) is 22.8 Å². The van der Waals surface area contributed by atoms with Crippen molar-refractivity contribution in [1.29, 1.82) is 0 Å². The number of hydrogen-bond acceptors (Lipinski definition) is 0. The number of benzene rings is 2. The lowest BCUT2D eigenvalue weighted by Gasteiger charge is -2.12. The maximum atomic E-state index is 2.39. The number of fused-ring (bicyclic) bond motifs is 5. The Morgan fingerprint density at radius 1 is 1.00 bits per heavy atom. The van der Waals surface area contributed by atoms with Crippen LogP contribution in [-0.2, 0) is 0 Å². The smallest absolute Gasteiger partial charge is 0.00867 e. The lowest BCUT2D eigenvalue weighted by molar-refractivity contribution is 1.000. The van der Waals surface area contributed by atoms with Crippen LogP contribution in [0.2, 0.25) is 0 Å². The molecule has 2 aliphatic rings. The van der Waals surface area contributed by atoms with Gasteiger partial charge in [0.25, 0.3) is 0 Å². The monoisotopic (exact) mass is 192 g/mol. The normalized spacial score (nSPS) is 26.1. The molecule has 0 saturated heterocycles. The fourth-order valence-electron chi connectivity index (χ4n) is 2.83. The Morgan fingerprint density at radius 2 is 1.93 bits per heavy atom. The lowest BCUT2D eigenvalue weighted by Crippen LogP contribution is -1.93. The Hall–Kier alpha value is -1.56. The molecule has 4 rings (SSSR count). The molecule has 1 fully saturated rings. The van der Waals surface area contributed by atoms with Gasteiger partial charge in [-0.15, -0.1) is 0 Å². The summed E-state index contributed by atoms with van der Waals surface area (Å²) in [6, 6.07) is 13.3. The van der Waals surface area contributed by atoms with Crippen molar-refractivity contribution in [3.63, 3.8) is 0 Å². The number of hydrogen-bond donors (Lipinski definition) is 0. The quantitative estimate of drug-likeness (QED) is 0.592. The molecule has 2 aliphatic carbocycles. The van der Waals surface area contributed by atoms with E-state index in [2.05, 4.69) is 48.6 Å². The average Bonchev–Trinajstić information content (AvgIpc) is 3.07. The van der Waals surface area contributed by atoms with E-state index >= 15 is 0 Å². The molecule has 1 saturated carbocycles. The highest BCUT2D eigenvalue weighted by molar-refractivity contribution is 5.93. The van der Waals surface area contributed by atoms with E-state index in [-0.39, 0.29) is 0 Å². The zero-order valence-electron chi connectivity index (χ0n) is 8.48. The van der Waals surface area contributed by atoms with E-state index in [4.69, 9.17) is 0 Å². The summed E-state index contributed by atoms with van der Waals surface area (Å²) in [5.41, 5.74) is 3.04. The van der Waals surface area contributed by atoms with Gasteiger partial charge in [-0.2, -0.15) is 0 Å². The van der Waals surface area contributed by atoms with E-state index in [9.17, 15) is 0 Å². The molecule has 0 nitrogen and oxygen atoms in total. The Bertz CT molecular complexity index is 578. The summed E-state index contributed by atoms with van der Waals surface area (Å²) in [5, 5.41) is 2.77. The molecule has 0 heteroatoms. The summed E-state index contributed by atoms with van der Waals surface area (Å²) < 4.78 is 0. The standard InChI is InChI=1S/C15H12/c1-2-4-12-10(3-1)5-7-14-13(12)8-6-11-9-15(11)14/h1-8,11,15H,9H2. The highest BCUT2D eigenvalue weighted by Gasteiger charge is 2.39. The molecule has 2 atom stereocenters. The largest absolute Gasteiger partial charge is 0.0802 e. The molecule has 15 heavy (non-hydrogen) atoms. The molecule has 2 aromatic rings. The van der Waals surface area contributed by atoms with Gasteiger partial charge >= 0.3 is 0 Å². The third-order valence-electron chi connectivity index (χ3n) is 3.75. The molecule has 72 valence electrons. The van der Waals surface area contributed by atoms with E-state index in [0.717, 1.165) is 11.8 Å². The Balaban J connectivity index is 2.13. The first-order chi connectivity index (χ1) is 7.43. The molecule has 0 radical (unpaired) electrons. The summed E-state index contributed by atoms with van der Waals surface area (Å²) in [4.78, 5) is 0. The number of allylic oxidation sites excluding steroid dienone is 1.